The summed E-state index contributed by atoms with van der Waals surface area (Å²) < 4.78 is 0. The van der Waals surface area contributed by atoms with E-state index in [4.69, 9.17) is 5.11 Å². The molecule has 104 valence electrons. The summed E-state index contributed by atoms with van der Waals surface area (Å²) in [5, 5.41) is 11.6. The molecule has 6 heteroatoms. The van der Waals surface area contributed by atoms with Crippen molar-refractivity contribution < 1.29 is 14.7 Å². The fraction of sp³-hybridized carbons (Fsp3) is 0.462. The Bertz CT molecular complexity index is 477. The van der Waals surface area contributed by atoms with Crippen molar-refractivity contribution >= 4 is 23.6 Å². The minimum Gasteiger partial charge on any atom is -0.480 e. The van der Waals surface area contributed by atoms with E-state index in [1.807, 2.05) is 13.2 Å². The first-order valence-electron chi connectivity index (χ1n) is 5.92. The van der Waals surface area contributed by atoms with Crippen molar-refractivity contribution in [3.05, 3.63) is 29.1 Å². The summed E-state index contributed by atoms with van der Waals surface area (Å²) in [6, 6.07) is 2.54. The van der Waals surface area contributed by atoms with Crippen molar-refractivity contribution in [2.45, 2.75) is 26.3 Å². The van der Waals surface area contributed by atoms with Crippen LogP contribution in [0.4, 0.5) is 0 Å². The van der Waals surface area contributed by atoms with Crippen LogP contribution in [0, 0.1) is 13.8 Å². The van der Waals surface area contributed by atoms with Gasteiger partial charge in [-0.15, -0.1) is 0 Å². The van der Waals surface area contributed by atoms with Crippen molar-refractivity contribution in [3.63, 3.8) is 0 Å². The number of nitrogens with zero attached hydrogens (tertiary/aromatic N) is 1. The zero-order valence-electron chi connectivity index (χ0n) is 11.3. The Labute approximate surface area is 116 Å². The highest BCUT2D eigenvalue weighted by molar-refractivity contribution is 7.98. The quantitative estimate of drug-likeness (QED) is 0.829. The summed E-state index contributed by atoms with van der Waals surface area (Å²) >= 11 is 1.55. The molecule has 1 amide bonds. The Morgan fingerprint density at radius 1 is 1.42 bits per heavy atom. The lowest BCUT2D eigenvalue weighted by Gasteiger charge is -2.14. The fourth-order valence-electron chi connectivity index (χ4n) is 1.66. The standard InChI is InChI=1S/C13H18N2O3S/c1-8-4-5-10(9(2)14-8)12(16)15-11(13(17)18)6-7-19-3/h4-5,11H,6-7H2,1-3H3,(H,15,16)(H,17,18)/t11-/m0/s1. The smallest absolute Gasteiger partial charge is 0.326 e. The highest BCUT2D eigenvalue weighted by atomic mass is 32.2. The third-order valence-electron chi connectivity index (χ3n) is 2.68. The van der Waals surface area contributed by atoms with Crippen LogP contribution in [0.15, 0.2) is 12.1 Å². The van der Waals surface area contributed by atoms with Gasteiger partial charge in [-0.2, -0.15) is 11.8 Å². The molecule has 0 aliphatic carbocycles. The largest absolute Gasteiger partial charge is 0.480 e. The third-order valence-corrected chi connectivity index (χ3v) is 3.33. The predicted molar refractivity (Wildman–Crippen MR) is 75.6 cm³/mol. The molecule has 0 saturated carbocycles. The lowest BCUT2D eigenvalue weighted by molar-refractivity contribution is -0.139. The number of thioether (sulfide) groups is 1. The Hall–Kier alpha value is -1.56. The SMILES string of the molecule is CSCC[C@H](NC(=O)c1ccc(C)nc1C)C(=O)O. The van der Waals surface area contributed by atoms with Gasteiger partial charge in [0.2, 0.25) is 0 Å². The van der Waals surface area contributed by atoms with Crippen LogP contribution in [0.5, 0.6) is 0 Å². The zero-order valence-corrected chi connectivity index (χ0v) is 12.1. The predicted octanol–water partition coefficient (Wildman–Crippen LogP) is 1.63. The number of pyridine rings is 1. The fourth-order valence-corrected chi connectivity index (χ4v) is 2.13. The molecule has 0 spiro atoms. The molecular formula is C13H18N2O3S. The van der Waals surface area contributed by atoms with Crippen LogP contribution >= 0.6 is 11.8 Å². The van der Waals surface area contributed by atoms with Gasteiger partial charge in [-0.05, 0) is 44.4 Å². The molecule has 2 N–H and O–H groups in total. The van der Waals surface area contributed by atoms with Crippen molar-refractivity contribution in [2.24, 2.45) is 0 Å². The Balaban J connectivity index is 2.78. The van der Waals surface area contributed by atoms with Crippen LogP contribution in [0.2, 0.25) is 0 Å². The maximum absolute atomic E-state index is 12.0. The normalized spacial score (nSPS) is 11.9. The molecule has 19 heavy (non-hydrogen) atoms. The zero-order chi connectivity index (χ0) is 14.4. The maximum Gasteiger partial charge on any atom is 0.326 e. The van der Waals surface area contributed by atoms with E-state index in [0.717, 1.165) is 5.69 Å². The molecule has 1 aromatic heterocycles. The van der Waals surface area contributed by atoms with Crippen LogP contribution in [0.1, 0.15) is 28.2 Å². The summed E-state index contributed by atoms with van der Waals surface area (Å²) in [5.41, 5.74) is 1.85. The van der Waals surface area contributed by atoms with E-state index in [1.54, 1.807) is 30.8 Å². The highest BCUT2D eigenvalue weighted by Gasteiger charge is 2.21. The van der Waals surface area contributed by atoms with Crippen molar-refractivity contribution in [1.82, 2.24) is 10.3 Å². The van der Waals surface area contributed by atoms with E-state index < -0.39 is 17.9 Å². The Kier molecular flexibility index (Phi) is 5.82. The van der Waals surface area contributed by atoms with Crippen LogP contribution in [-0.2, 0) is 4.79 Å². The third kappa shape index (κ3) is 4.55. The minimum atomic E-state index is -1.01. The van der Waals surface area contributed by atoms with Gasteiger partial charge in [-0.1, -0.05) is 0 Å². The Morgan fingerprint density at radius 3 is 2.63 bits per heavy atom. The van der Waals surface area contributed by atoms with Gasteiger partial charge in [0.05, 0.1) is 11.3 Å². The Morgan fingerprint density at radius 2 is 2.11 bits per heavy atom. The summed E-state index contributed by atoms with van der Waals surface area (Å²) in [7, 11) is 0. The molecular weight excluding hydrogens is 264 g/mol. The number of aliphatic carboxylic acids is 1. The molecule has 0 aliphatic heterocycles. The van der Waals surface area contributed by atoms with Gasteiger partial charge in [0.25, 0.3) is 5.91 Å². The van der Waals surface area contributed by atoms with Crippen LogP contribution in [0.3, 0.4) is 0 Å². The number of rotatable bonds is 6. The summed E-state index contributed by atoms with van der Waals surface area (Å²) in [4.78, 5) is 27.3. The number of aryl methyl sites for hydroxylation is 2. The number of amides is 1. The van der Waals surface area contributed by atoms with Gasteiger partial charge < -0.3 is 10.4 Å². The molecule has 1 heterocycles. The number of hydrogen-bond acceptors (Lipinski definition) is 4. The van der Waals surface area contributed by atoms with Gasteiger partial charge >= 0.3 is 5.97 Å². The van der Waals surface area contributed by atoms with Gasteiger partial charge in [0, 0.05) is 5.69 Å². The van der Waals surface area contributed by atoms with Crippen LogP contribution in [0.25, 0.3) is 0 Å². The molecule has 0 radical (unpaired) electrons. The average Bonchev–Trinajstić information content (AvgIpc) is 2.33. The average molecular weight is 282 g/mol. The second-order valence-electron chi connectivity index (χ2n) is 4.23. The molecule has 1 atom stereocenters. The molecule has 0 fully saturated rings. The van der Waals surface area contributed by atoms with Crippen LogP contribution in [-0.4, -0.2) is 40.0 Å². The lowest BCUT2D eigenvalue weighted by Crippen LogP contribution is -2.41. The molecule has 0 unspecified atom stereocenters. The van der Waals surface area contributed by atoms with Gasteiger partial charge in [0.1, 0.15) is 6.04 Å². The number of hydrogen-bond donors (Lipinski definition) is 2. The number of nitrogens with one attached hydrogen (secondary N) is 1. The minimum absolute atomic E-state index is 0.390. The first kappa shape index (κ1) is 15.5. The van der Waals surface area contributed by atoms with E-state index in [1.165, 1.54) is 0 Å². The van der Waals surface area contributed by atoms with Crippen molar-refractivity contribution in [2.75, 3.05) is 12.0 Å². The van der Waals surface area contributed by atoms with E-state index >= 15 is 0 Å². The van der Waals surface area contributed by atoms with Crippen molar-refractivity contribution in [1.29, 1.82) is 0 Å². The highest BCUT2D eigenvalue weighted by Crippen LogP contribution is 2.08. The van der Waals surface area contributed by atoms with Crippen molar-refractivity contribution in [3.8, 4) is 0 Å². The first-order chi connectivity index (χ1) is 8.95. The monoisotopic (exact) mass is 282 g/mol. The second kappa shape index (κ2) is 7.13. The number of carboxylic acid groups (broad SMARTS) is 1. The van der Waals surface area contributed by atoms with Crippen LogP contribution < -0.4 is 5.32 Å². The van der Waals surface area contributed by atoms with Gasteiger partial charge in [-0.25, -0.2) is 4.79 Å². The summed E-state index contributed by atoms with van der Waals surface area (Å²) in [6.07, 6.45) is 2.30. The number of carbonyl (C=O) groups is 2. The van der Waals surface area contributed by atoms with E-state index in [9.17, 15) is 9.59 Å². The summed E-state index contributed by atoms with van der Waals surface area (Å²) in [6.45, 7) is 3.58. The van der Waals surface area contributed by atoms with Gasteiger partial charge in [-0.3, -0.25) is 9.78 Å². The molecule has 5 nitrogen and oxygen atoms in total. The molecule has 0 aromatic carbocycles. The van der Waals surface area contributed by atoms with E-state index in [0.29, 0.717) is 23.4 Å². The molecule has 0 aliphatic rings. The number of carbonyl (C=O) groups excluding carboxylic acids is 1. The lowest BCUT2D eigenvalue weighted by atomic mass is 10.1. The first-order valence-corrected chi connectivity index (χ1v) is 7.32. The molecule has 1 aromatic rings. The van der Waals surface area contributed by atoms with E-state index in [2.05, 4.69) is 10.3 Å². The van der Waals surface area contributed by atoms with Gasteiger partial charge in [0.15, 0.2) is 0 Å². The second-order valence-corrected chi connectivity index (χ2v) is 5.22. The molecule has 0 bridgehead atoms. The summed E-state index contributed by atoms with van der Waals surface area (Å²) in [5.74, 6) is -0.721. The van der Waals surface area contributed by atoms with E-state index in [-0.39, 0.29) is 0 Å². The maximum atomic E-state index is 12.0. The topological polar surface area (TPSA) is 79.3 Å². The molecule has 1 rings (SSSR count). The number of carboxylic acids is 1. The number of aromatic nitrogens is 1. The molecule has 0 saturated heterocycles.